The number of hydrogen-bond donors (Lipinski definition) is 0. The fraction of sp³-hybridized carbons (Fsp3) is 0.308. The SMILES string of the molecule is C=Cc1ccc(/C=[N+](\[O-])C(C)(C)C)cc1. The number of hydrogen-bond acceptors (Lipinski definition) is 1. The van der Waals surface area contributed by atoms with Gasteiger partial charge in [-0.3, -0.25) is 0 Å². The first-order valence-corrected chi connectivity index (χ1v) is 4.97. The maximum absolute atomic E-state index is 11.6. The Kier molecular flexibility index (Phi) is 3.30. The van der Waals surface area contributed by atoms with Crippen molar-refractivity contribution in [2.24, 2.45) is 0 Å². The second kappa shape index (κ2) is 4.30. The van der Waals surface area contributed by atoms with Gasteiger partial charge < -0.3 is 5.21 Å². The first-order chi connectivity index (χ1) is 6.93. The van der Waals surface area contributed by atoms with E-state index in [1.807, 2.05) is 45.0 Å². The molecule has 0 heterocycles. The molecule has 1 rings (SSSR count). The van der Waals surface area contributed by atoms with Gasteiger partial charge >= 0.3 is 0 Å². The fourth-order valence-corrected chi connectivity index (χ4v) is 1.05. The first kappa shape index (κ1) is 11.5. The first-order valence-electron chi connectivity index (χ1n) is 4.97. The Morgan fingerprint density at radius 2 is 1.60 bits per heavy atom. The highest BCUT2D eigenvalue weighted by Gasteiger charge is 2.17. The highest BCUT2D eigenvalue weighted by atomic mass is 16.5. The maximum atomic E-state index is 11.6. The summed E-state index contributed by atoms with van der Waals surface area (Å²) in [4.78, 5) is 0. The Bertz CT molecular complexity index is 369. The van der Waals surface area contributed by atoms with Crippen molar-refractivity contribution in [1.82, 2.24) is 0 Å². The van der Waals surface area contributed by atoms with E-state index in [1.54, 1.807) is 12.3 Å². The smallest absolute Gasteiger partial charge is 0.182 e. The van der Waals surface area contributed by atoms with Crippen LogP contribution in [0.5, 0.6) is 0 Å². The standard InChI is InChI=1S/C13H17NO/c1-5-11-6-8-12(9-7-11)10-14(15)13(2,3)4/h5-10H,1H2,2-4H3/b14-10-. The van der Waals surface area contributed by atoms with Crippen LogP contribution < -0.4 is 0 Å². The van der Waals surface area contributed by atoms with E-state index in [9.17, 15) is 5.21 Å². The quantitative estimate of drug-likeness (QED) is 0.314. The summed E-state index contributed by atoms with van der Waals surface area (Å²) in [6.45, 7) is 9.33. The summed E-state index contributed by atoms with van der Waals surface area (Å²) in [6.07, 6.45) is 3.38. The largest absolute Gasteiger partial charge is 0.623 e. The molecule has 0 amide bonds. The van der Waals surface area contributed by atoms with E-state index in [2.05, 4.69) is 6.58 Å². The van der Waals surface area contributed by atoms with Crippen molar-refractivity contribution < 1.29 is 4.74 Å². The van der Waals surface area contributed by atoms with Crippen LogP contribution in [0.1, 0.15) is 31.9 Å². The summed E-state index contributed by atoms with van der Waals surface area (Å²) in [5.41, 5.74) is 1.57. The summed E-state index contributed by atoms with van der Waals surface area (Å²) < 4.78 is 0.968. The van der Waals surface area contributed by atoms with Gasteiger partial charge in [0.2, 0.25) is 0 Å². The molecule has 0 aliphatic rings. The number of hydroxylamine groups is 1. The van der Waals surface area contributed by atoms with Gasteiger partial charge in [-0.2, -0.15) is 0 Å². The molecule has 0 saturated heterocycles. The molecular formula is C13H17NO. The highest BCUT2D eigenvalue weighted by molar-refractivity contribution is 5.76. The zero-order chi connectivity index (χ0) is 11.5. The summed E-state index contributed by atoms with van der Waals surface area (Å²) >= 11 is 0. The molecule has 2 nitrogen and oxygen atoms in total. The van der Waals surface area contributed by atoms with Gasteiger partial charge in [-0.05, 0) is 17.7 Å². The third-order valence-corrected chi connectivity index (χ3v) is 2.10. The fourth-order valence-electron chi connectivity index (χ4n) is 1.05. The third-order valence-electron chi connectivity index (χ3n) is 2.10. The Labute approximate surface area is 91.1 Å². The van der Waals surface area contributed by atoms with E-state index in [4.69, 9.17) is 0 Å². The van der Waals surface area contributed by atoms with Gasteiger partial charge in [0.25, 0.3) is 0 Å². The van der Waals surface area contributed by atoms with Gasteiger partial charge in [-0.1, -0.05) is 24.8 Å². The summed E-state index contributed by atoms with van der Waals surface area (Å²) in [5, 5.41) is 11.6. The van der Waals surface area contributed by atoms with Crippen LogP contribution in [0.25, 0.3) is 6.08 Å². The van der Waals surface area contributed by atoms with E-state index >= 15 is 0 Å². The Morgan fingerprint density at radius 1 is 1.13 bits per heavy atom. The maximum Gasteiger partial charge on any atom is 0.182 e. The second-order valence-corrected chi connectivity index (χ2v) is 4.50. The topological polar surface area (TPSA) is 26.1 Å². The molecule has 1 aromatic rings. The molecule has 2 heteroatoms. The van der Waals surface area contributed by atoms with Crippen LogP contribution in [0.4, 0.5) is 0 Å². The van der Waals surface area contributed by atoms with E-state index in [0.717, 1.165) is 15.9 Å². The van der Waals surface area contributed by atoms with Crippen molar-refractivity contribution in [3.05, 3.63) is 47.2 Å². The van der Waals surface area contributed by atoms with Gasteiger partial charge in [-0.25, -0.2) is 4.74 Å². The lowest BCUT2D eigenvalue weighted by atomic mass is 10.1. The molecule has 0 aliphatic heterocycles. The van der Waals surface area contributed by atoms with E-state index in [1.165, 1.54) is 0 Å². The van der Waals surface area contributed by atoms with Crippen LogP contribution in [0.15, 0.2) is 30.8 Å². The molecule has 1 aromatic carbocycles. The average molecular weight is 203 g/mol. The van der Waals surface area contributed by atoms with Gasteiger partial charge in [0, 0.05) is 26.3 Å². The number of nitrogens with zero attached hydrogens (tertiary/aromatic N) is 1. The average Bonchev–Trinajstić information content (AvgIpc) is 2.17. The van der Waals surface area contributed by atoms with Crippen molar-refractivity contribution in [3.63, 3.8) is 0 Å². The molecule has 0 saturated carbocycles. The molecule has 0 aromatic heterocycles. The van der Waals surface area contributed by atoms with E-state index in [0.29, 0.717) is 0 Å². The van der Waals surface area contributed by atoms with E-state index < -0.39 is 5.54 Å². The van der Waals surface area contributed by atoms with Crippen LogP contribution >= 0.6 is 0 Å². The highest BCUT2D eigenvalue weighted by Crippen LogP contribution is 2.07. The minimum Gasteiger partial charge on any atom is -0.623 e. The molecule has 0 aliphatic carbocycles. The molecule has 0 fully saturated rings. The molecule has 0 bridgehead atoms. The van der Waals surface area contributed by atoms with Gasteiger partial charge in [0.1, 0.15) is 0 Å². The molecule has 0 N–H and O–H groups in total. The minimum absolute atomic E-state index is 0.392. The Hall–Kier alpha value is -1.57. The molecule has 0 unspecified atom stereocenters. The second-order valence-electron chi connectivity index (χ2n) is 4.50. The van der Waals surface area contributed by atoms with Crippen LogP contribution in [0, 0.1) is 5.21 Å². The van der Waals surface area contributed by atoms with Crippen LogP contribution in [-0.4, -0.2) is 16.5 Å². The van der Waals surface area contributed by atoms with Crippen molar-refractivity contribution in [2.45, 2.75) is 26.3 Å². The molecule has 15 heavy (non-hydrogen) atoms. The zero-order valence-corrected chi connectivity index (χ0v) is 9.53. The predicted molar refractivity (Wildman–Crippen MR) is 65.1 cm³/mol. The Morgan fingerprint density at radius 3 is 2.00 bits per heavy atom. The van der Waals surface area contributed by atoms with Gasteiger partial charge in [0.15, 0.2) is 11.8 Å². The lowest BCUT2D eigenvalue weighted by Gasteiger charge is -2.18. The summed E-state index contributed by atoms with van der Waals surface area (Å²) in [6, 6.07) is 7.70. The predicted octanol–water partition coefficient (Wildman–Crippen LogP) is 3.06. The molecule has 0 atom stereocenters. The lowest BCUT2D eigenvalue weighted by molar-refractivity contribution is -0.530. The monoisotopic (exact) mass is 203 g/mol. The molecule has 0 spiro atoms. The van der Waals surface area contributed by atoms with Crippen molar-refractivity contribution >= 4 is 12.3 Å². The normalized spacial score (nSPS) is 12.6. The van der Waals surface area contributed by atoms with Crippen molar-refractivity contribution in [1.29, 1.82) is 0 Å². The lowest BCUT2D eigenvalue weighted by Crippen LogP contribution is -2.29. The number of benzene rings is 1. The van der Waals surface area contributed by atoms with Crippen LogP contribution in [0.3, 0.4) is 0 Å². The van der Waals surface area contributed by atoms with Crippen molar-refractivity contribution in [2.75, 3.05) is 0 Å². The van der Waals surface area contributed by atoms with Crippen molar-refractivity contribution in [3.8, 4) is 0 Å². The van der Waals surface area contributed by atoms with Gasteiger partial charge in [-0.15, -0.1) is 0 Å². The van der Waals surface area contributed by atoms with Crippen LogP contribution in [-0.2, 0) is 0 Å². The molecular weight excluding hydrogens is 186 g/mol. The Balaban J connectivity index is 2.94. The molecule has 0 radical (unpaired) electrons. The van der Waals surface area contributed by atoms with E-state index in [-0.39, 0.29) is 0 Å². The van der Waals surface area contributed by atoms with Gasteiger partial charge in [0.05, 0.1) is 0 Å². The summed E-state index contributed by atoms with van der Waals surface area (Å²) in [7, 11) is 0. The summed E-state index contributed by atoms with van der Waals surface area (Å²) in [5.74, 6) is 0. The third kappa shape index (κ3) is 3.24. The minimum atomic E-state index is -0.392. The van der Waals surface area contributed by atoms with Crippen LogP contribution in [0.2, 0.25) is 0 Å². The molecule has 80 valence electrons. The number of rotatable bonds is 2. The zero-order valence-electron chi connectivity index (χ0n) is 9.53.